The average molecular weight is 523 g/mol. The molecular formula is C32H30F4O2. The van der Waals surface area contributed by atoms with Crippen LogP contribution in [0.5, 0.6) is 5.75 Å². The fraction of sp³-hybridized carbons (Fsp3) is 0.312. The number of halogens is 4. The minimum atomic E-state index is -3.64. The van der Waals surface area contributed by atoms with E-state index in [0.717, 1.165) is 53.3 Å². The molecule has 1 heterocycles. The van der Waals surface area contributed by atoms with Crippen molar-refractivity contribution in [2.45, 2.75) is 52.7 Å². The maximum Gasteiger partial charge on any atom is 0.426 e. The molecule has 0 saturated carbocycles. The van der Waals surface area contributed by atoms with Crippen molar-refractivity contribution in [1.82, 2.24) is 0 Å². The predicted molar refractivity (Wildman–Crippen MR) is 142 cm³/mol. The van der Waals surface area contributed by atoms with E-state index in [2.05, 4.69) is 19.1 Å². The van der Waals surface area contributed by atoms with Gasteiger partial charge in [0.15, 0.2) is 0 Å². The van der Waals surface area contributed by atoms with E-state index in [1.165, 1.54) is 37.3 Å². The van der Waals surface area contributed by atoms with Gasteiger partial charge in [0.05, 0.1) is 11.7 Å². The summed E-state index contributed by atoms with van der Waals surface area (Å²) in [6, 6.07) is 15.2. The Morgan fingerprint density at radius 1 is 0.868 bits per heavy atom. The fourth-order valence-corrected chi connectivity index (χ4v) is 5.30. The molecule has 0 amide bonds. The molecule has 4 aromatic carbocycles. The Bertz CT molecular complexity index is 1460. The van der Waals surface area contributed by atoms with Gasteiger partial charge in [-0.25, -0.2) is 8.78 Å². The highest BCUT2D eigenvalue weighted by Crippen LogP contribution is 2.38. The second-order valence-electron chi connectivity index (χ2n) is 10.4. The maximum atomic E-state index is 15.1. The van der Waals surface area contributed by atoms with E-state index in [1.54, 1.807) is 12.1 Å². The summed E-state index contributed by atoms with van der Waals surface area (Å²) in [4.78, 5) is 0. The highest BCUT2D eigenvalue weighted by molar-refractivity contribution is 5.85. The zero-order valence-electron chi connectivity index (χ0n) is 21.9. The first-order valence-corrected chi connectivity index (χ1v) is 12.8. The second kappa shape index (κ2) is 10.1. The number of alkyl halides is 2. The molecule has 0 bridgehead atoms. The quantitative estimate of drug-likeness (QED) is 0.243. The summed E-state index contributed by atoms with van der Waals surface area (Å²) in [5.41, 5.74) is 4.66. The van der Waals surface area contributed by atoms with Crippen LogP contribution in [0.2, 0.25) is 0 Å². The molecule has 1 fully saturated rings. The number of benzene rings is 4. The second-order valence-corrected chi connectivity index (χ2v) is 10.4. The molecule has 2 nitrogen and oxygen atoms in total. The Morgan fingerprint density at radius 2 is 1.55 bits per heavy atom. The molecule has 1 aliphatic heterocycles. The molecule has 38 heavy (non-hydrogen) atoms. The first kappa shape index (κ1) is 26.2. The van der Waals surface area contributed by atoms with E-state index in [0.29, 0.717) is 5.92 Å². The number of ether oxygens (including phenoxy) is 2. The number of hydrogen-bond acceptors (Lipinski definition) is 2. The third kappa shape index (κ3) is 5.02. The van der Waals surface area contributed by atoms with E-state index in [-0.39, 0.29) is 33.8 Å². The van der Waals surface area contributed by atoms with Crippen molar-refractivity contribution in [3.8, 4) is 16.9 Å². The van der Waals surface area contributed by atoms with Crippen LogP contribution < -0.4 is 4.74 Å². The van der Waals surface area contributed by atoms with Crippen LogP contribution in [-0.2, 0) is 10.8 Å². The van der Waals surface area contributed by atoms with Crippen molar-refractivity contribution in [1.29, 1.82) is 0 Å². The van der Waals surface area contributed by atoms with Crippen LogP contribution in [0.15, 0.2) is 60.7 Å². The highest BCUT2D eigenvalue weighted by atomic mass is 19.3. The van der Waals surface area contributed by atoms with E-state index < -0.39 is 17.7 Å². The van der Waals surface area contributed by atoms with E-state index in [9.17, 15) is 8.78 Å². The van der Waals surface area contributed by atoms with Crippen LogP contribution in [0.25, 0.3) is 21.9 Å². The number of hydrogen-bond donors (Lipinski definition) is 0. The normalized spacial score (nSPS) is 18.1. The van der Waals surface area contributed by atoms with Gasteiger partial charge >= 0.3 is 6.11 Å². The summed E-state index contributed by atoms with van der Waals surface area (Å²) in [6.07, 6.45) is -1.43. The maximum absolute atomic E-state index is 15.1. The molecule has 2 atom stereocenters. The highest BCUT2D eigenvalue weighted by Gasteiger charge is 2.34. The predicted octanol–water partition coefficient (Wildman–Crippen LogP) is 9.33. The topological polar surface area (TPSA) is 18.5 Å². The summed E-state index contributed by atoms with van der Waals surface area (Å²) < 4.78 is 69.5. The molecule has 1 saturated heterocycles. The van der Waals surface area contributed by atoms with E-state index in [1.807, 2.05) is 13.8 Å². The first-order chi connectivity index (χ1) is 18.0. The minimum absolute atomic E-state index is 0.0861. The summed E-state index contributed by atoms with van der Waals surface area (Å²) in [5, 5.41) is 0.294. The van der Waals surface area contributed by atoms with Crippen molar-refractivity contribution in [2.24, 2.45) is 5.92 Å². The van der Waals surface area contributed by atoms with Crippen molar-refractivity contribution in [2.75, 3.05) is 6.61 Å². The lowest BCUT2D eigenvalue weighted by Gasteiger charge is -2.28. The molecule has 5 rings (SSSR count). The smallest absolute Gasteiger partial charge is 0.426 e. The monoisotopic (exact) mass is 522 g/mol. The Balaban J connectivity index is 1.37. The molecule has 1 aliphatic rings. The Hall–Kier alpha value is -3.38. The van der Waals surface area contributed by atoms with Gasteiger partial charge in [0.1, 0.15) is 17.4 Å². The molecule has 0 spiro atoms. The van der Waals surface area contributed by atoms with Gasteiger partial charge in [0, 0.05) is 17.6 Å². The lowest BCUT2D eigenvalue weighted by molar-refractivity contribution is -0.185. The SMILES string of the molecule is Cc1cc(C2CCC(C)CO2)cc(C)c1-c1ccc(C(F)(F)Oc2ccc3c(F)c(C)c(F)cc3c2)cc1. The molecule has 0 radical (unpaired) electrons. The zero-order chi connectivity index (χ0) is 27.2. The lowest BCUT2D eigenvalue weighted by atomic mass is 9.89. The third-order valence-corrected chi connectivity index (χ3v) is 7.42. The summed E-state index contributed by atoms with van der Waals surface area (Å²) >= 11 is 0. The average Bonchev–Trinajstić information content (AvgIpc) is 2.87. The van der Waals surface area contributed by atoms with Crippen molar-refractivity contribution in [3.63, 3.8) is 0 Å². The van der Waals surface area contributed by atoms with E-state index >= 15 is 8.78 Å². The zero-order valence-corrected chi connectivity index (χ0v) is 21.9. The van der Waals surface area contributed by atoms with Crippen LogP contribution in [0, 0.1) is 38.3 Å². The van der Waals surface area contributed by atoms with Crippen LogP contribution in [0.3, 0.4) is 0 Å². The third-order valence-electron chi connectivity index (χ3n) is 7.42. The molecule has 6 heteroatoms. The Kier molecular flexibility index (Phi) is 6.95. The van der Waals surface area contributed by atoms with Crippen LogP contribution in [0.1, 0.15) is 53.7 Å². The van der Waals surface area contributed by atoms with E-state index in [4.69, 9.17) is 9.47 Å². The summed E-state index contributed by atoms with van der Waals surface area (Å²) in [5.74, 6) is -1.07. The van der Waals surface area contributed by atoms with Crippen molar-refractivity contribution >= 4 is 10.8 Å². The van der Waals surface area contributed by atoms with Crippen LogP contribution in [-0.4, -0.2) is 6.61 Å². The van der Waals surface area contributed by atoms with Gasteiger partial charge in [-0.15, -0.1) is 0 Å². The Morgan fingerprint density at radius 3 is 2.18 bits per heavy atom. The molecule has 0 aromatic heterocycles. The number of aryl methyl sites for hydroxylation is 2. The van der Waals surface area contributed by atoms with Gasteiger partial charge in [-0.3, -0.25) is 0 Å². The molecule has 198 valence electrons. The summed E-state index contributed by atoms with van der Waals surface area (Å²) in [6.45, 7) is 8.33. The van der Waals surface area contributed by atoms with Crippen molar-refractivity contribution in [3.05, 3.63) is 100 Å². The Labute approximate surface area is 220 Å². The van der Waals surface area contributed by atoms with Gasteiger partial charge in [0.25, 0.3) is 0 Å². The van der Waals surface area contributed by atoms with Gasteiger partial charge in [-0.2, -0.15) is 8.78 Å². The standard InChI is InChI=1S/C32H30F4O2/c1-18-5-12-29(37-17-18)24-13-19(2)30(20(3)14-24)22-6-8-25(9-7-22)32(35,36)38-26-10-11-27-23(15-26)16-28(33)21(4)31(27)34/h6-11,13-16,18,29H,5,12,17H2,1-4H3. The fourth-order valence-electron chi connectivity index (χ4n) is 5.30. The van der Waals surface area contributed by atoms with Gasteiger partial charge in [0.2, 0.25) is 0 Å². The lowest BCUT2D eigenvalue weighted by Crippen LogP contribution is -2.21. The van der Waals surface area contributed by atoms with Crippen LogP contribution >= 0.6 is 0 Å². The molecule has 2 unspecified atom stereocenters. The first-order valence-electron chi connectivity index (χ1n) is 12.8. The van der Waals surface area contributed by atoms with Crippen molar-refractivity contribution < 1.29 is 27.0 Å². The largest absolute Gasteiger partial charge is 0.429 e. The minimum Gasteiger partial charge on any atom is -0.429 e. The number of rotatable bonds is 5. The molecule has 0 aliphatic carbocycles. The van der Waals surface area contributed by atoms with Gasteiger partial charge < -0.3 is 9.47 Å². The van der Waals surface area contributed by atoms with Crippen LogP contribution in [0.4, 0.5) is 17.6 Å². The van der Waals surface area contributed by atoms with Gasteiger partial charge in [-0.05, 0) is 109 Å². The summed E-state index contributed by atoms with van der Waals surface area (Å²) in [7, 11) is 0. The molecule has 0 N–H and O–H groups in total. The van der Waals surface area contributed by atoms with Gasteiger partial charge in [-0.1, -0.05) is 31.2 Å². The molecule has 4 aromatic rings. The molecular weight excluding hydrogens is 492 g/mol. The number of fused-ring (bicyclic) bond motifs is 1.